The number of hydrogen-bond donors (Lipinski definition) is 3. The Morgan fingerprint density at radius 3 is 2.41 bits per heavy atom. The number of aryl methyl sites for hydroxylation is 1. The van der Waals surface area contributed by atoms with E-state index in [1.165, 1.54) is 11.8 Å². The van der Waals surface area contributed by atoms with Crippen molar-refractivity contribution in [2.75, 3.05) is 12.3 Å². The molecule has 0 bridgehead atoms. The summed E-state index contributed by atoms with van der Waals surface area (Å²) >= 11 is 1.24. The monoisotopic (exact) mass is 476 g/mol. The third-order valence-electron chi connectivity index (χ3n) is 5.76. The van der Waals surface area contributed by atoms with Crippen LogP contribution in [-0.4, -0.2) is 48.4 Å². The van der Waals surface area contributed by atoms with Crippen LogP contribution in [0.15, 0.2) is 59.5 Å². The minimum absolute atomic E-state index is 0.0146. The van der Waals surface area contributed by atoms with Crippen molar-refractivity contribution in [2.45, 2.75) is 42.3 Å². The fourth-order valence-electron chi connectivity index (χ4n) is 3.75. The minimum atomic E-state index is -3.77. The number of benzene rings is 2. The Balaban J connectivity index is 1.88. The number of thioether (sulfide) groups is 1. The van der Waals surface area contributed by atoms with Gasteiger partial charge in [0.2, 0.25) is 5.91 Å². The molecule has 1 heterocycles. The Bertz CT molecular complexity index is 1060. The highest BCUT2D eigenvalue weighted by Gasteiger charge is 2.47. The van der Waals surface area contributed by atoms with Crippen LogP contribution in [0.4, 0.5) is 0 Å². The van der Waals surface area contributed by atoms with Crippen molar-refractivity contribution in [3.8, 4) is 0 Å². The lowest BCUT2D eigenvalue weighted by Gasteiger charge is -2.35. The Labute approximate surface area is 192 Å². The van der Waals surface area contributed by atoms with E-state index in [1.807, 2.05) is 13.0 Å². The highest BCUT2D eigenvalue weighted by Crippen LogP contribution is 2.32. The second-order valence-electron chi connectivity index (χ2n) is 7.91. The van der Waals surface area contributed by atoms with Gasteiger partial charge in [0, 0.05) is 12.3 Å². The molecule has 9 heteroatoms. The summed E-state index contributed by atoms with van der Waals surface area (Å²) in [6, 6.07) is 15.5. The van der Waals surface area contributed by atoms with Crippen LogP contribution in [-0.2, 0) is 25.8 Å². The minimum Gasteiger partial charge on any atom is -0.480 e. The molecule has 3 N–H and O–H groups in total. The molecule has 0 spiro atoms. The van der Waals surface area contributed by atoms with E-state index in [1.54, 1.807) is 55.5 Å². The van der Waals surface area contributed by atoms with Crippen LogP contribution in [0.2, 0.25) is 0 Å². The lowest BCUT2D eigenvalue weighted by molar-refractivity contribution is -0.156. The Hall–Kier alpha value is -2.36. The molecule has 3 atom stereocenters. The second kappa shape index (κ2) is 10.1. The number of hydrogen-bond acceptors (Lipinski definition) is 6. The van der Waals surface area contributed by atoms with Gasteiger partial charge in [-0.05, 0) is 37.5 Å². The molecule has 0 aromatic heterocycles. The van der Waals surface area contributed by atoms with E-state index < -0.39 is 37.9 Å². The molecule has 0 saturated carbocycles. The van der Waals surface area contributed by atoms with Crippen LogP contribution in [0, 0.1) is 12.3 Å². The van der Waals surface area contributed by atoms with E-state index in [-0.39, 0.29) is 17.7 Å². The van der Waals surface area contributed by atoms with Crippen LogP contribution in [0.1, 0.15) is 24.5 Å². The van der Waals surface area contributed by atoms with Crippen molar-refractivity contribution in [1.29, 1.82) is 0 Å². The summed E-state index contributed by atoms with van der Waals surface area (Å²) in [4.78, 5) is 25.8. The number of carboxylic acid groups (broad SMARTS) is 1. The van der Waals surface area contributed by atoms with Crippen LogP contribution >= 0.6 is 11.8 Å². The zero-order valence-corrected chi connectivity index (χ0v) is 19.7. The highest BCUT2D eigenvalue weighted by molar-refractivity contribution is 8.13. The van der Waals surface area contributed by atoms with E-state index in [0.29, 0.717) is 12.3 Å². The summed E-state index contributed by atoms with van der Waals surface area (Å²) in [5.41, 5.74) is -0.0383. The van der Waals surface area contributed by atoms with Gasteiger partial charge in [-0.2, -0.15) is 0 Å². The van der Waals surface area contributed by atoms with Crippen molar-refractivity contribution in [2.24, 2.45) is 5.41 Å². The summed E-state index contributed by atoms with van der Waals surface area (Å²) in [6.07, 6.45) is -0.826. The first-order chi connectivity index (χ1) is 15.2. The first-order valence-electron chi connectivity index (χ1n) is 10.4. The third kappa shape index (κ3) is 5.00. The van der Waals surface area contributed by atoms with Gasteiger partial charge in [-0.15, -0.1) is 11.8 Å². The molecule has 7 nitrogen and oxygen atoms in total. The molecule has 0 aliphatic carbocycles. The maximum atomic E-state index is 13.3. The van der Waals surface area contributed by atoms with E-state index in [2.05, 4.69) is 10.6 Å². The van der Waals surface area contributed by atoms with Crippen LogP contribution in [0.25, 0.3) is 0 Å². The van der Waals surface area contributed by atoms with Crippen molar-refractivity contribution in [3.63, 3.8) is 0 Å². The number of carbonyl (C=O) groups excluding carboxylic acids is 1. The summed E-state index contributed by atoms with van der Waals surface area (Å²) in [6.45, 7) is 4.03. The highest BCUT2D eigenvalue weighted by atomic mass is 32.3. The molecule has 1 amide bonds. The van der Waals surface area contributed by atoms with E-state index >= 15 is 0 Å². The molecule has 0 radical (unpaired) electrons. The third-order valence-corrected chi connectivity index (χ3v) is 9.78. The zero-order valence-electron chi connectivity index (χ0n) is 18.1. The van der Waals surface area contributed by atoms with Gasteiger partial charge >= 0.3 is 5.97 Å². The van der Waals surface area contributed by atoms with E-state index in [0.717, 1.165) is 11.1 Å². The first-order valence-corrected chi connectivity index (χ1v) is 13.0. The molecule has 1 fully saturated rings. The maximum absolute atomic E-state index is 13.3. The van der Waals surface area contributed by atoms with Gasteiger partial charge in [0.25, 0.3) is 0 Å². The predicted molar refractivity (Wildman–Crippen MR) is 125 cm³/mol. The normalized spacial score (nSPS) is 20.8. The maximum Gasteiger partial charge on any atom is 0.319 e. The Morgan fingerprint density at radius 1 is 1.16 bits per heavy atom. The quantitative estimate of drug-likeness (QED) is 0.502. The fourth-order valence-corrected chi connectivity index (χ4v) is 7.21. The van der Waals surface area contributed by atoms with Crippen LogP contribution in [0.3, 0.4) is 0 Å². The molecule has 1 aliphatic rings. The summed E-state index contributed by atoms with van der Waals surface area (Å²) < 4.78 is 25.6. The summed E-state index contributed by atoms with van der Waals surface area (Å²) in [7, 11) is -3.77. The van der Waals surface area contributed by atoms with Crippen molar-refractivity contribution in [3.05, 3.63) is 65.7 Å². The molecular formula is C23H28N2O5S2. The summed E-state index contributed by atoms with van der Waals surface area (Å²) in [5, 5.41) is 15.8. The average molecular weight is 477 g/mol. The average Bonchev–Trinajstić information content (AvgIpc) is 2.78. The molecule has 2 aromatic rings. The number of amides is 1. The van der Waals surface area contributed by atoms with Gasteiger partial charge in [0.05, 0.1) is 4.90 Å². The molecule has 3 unspecified atom stereocenters. The number of sulfone groups is 1. The molecule has 3 rings (SSSR count). The second-order valence-corrected chi connectivity index (χ2v) is 11.5. The Morgan fingerprint density at radius 2 is 1.81 bits per heavy atom. The molecule has 1 saturated heterocycles. The molecular weight excluding hydrogens is 448 g/mol. The van der Waals surface area contributed by atoms with Gasteiger partial charge in [0.1, 0.15) is 16.2 Å². The zero-order chi connectivity index (χ0) is 23.4. The van der Waals surface area contributed by atoms with Gasteiger partial charge in [-0.1, -0.05) is 55.0 Å². The number of nitrogens with one attached hydrogen (secondary N) is 2. The number of rotatable bonds is 8. The fraction of sp³-hybridized carbons (Fsp3) is 0.391. The van der Waals surface area contributed by atoms with Crippen LogP contribution in [0.5, 0.6) is 0 Å². The summed E-state index contributed by atoms with van der Waals surface area (Å²) in [5.74, 6) is -1.37. The number of aliphatic carboxylic acids is 1. The Kier molecular flexibility index (Phi) is 7.63. The molecule has 1 aliphatic heterocycles. The molecule has 2 aromatic carbocycles. The van der Waals surface area contributed by atoms with Crippen molar-refractivity contribution < 1.29 is 23.1 Å². The van der Waals surface area contributed by atoms with E-state index in [9.17, 15) is 23.1 Å². The predicted octanol–water partition coefficient (Wildman–Crippen LogP) is 2.60. The smallest absolute Gasteiger partial charge is 0.319 e. The first kappa shape index (κ1) is 24.3. The van der Waals surface area contributed by atoms with Gasteiger partial charge in [-0.3, -0.25) is 14.9 Å². The lowest BCUT2D eigenvalue weighted by atomic mass is 9.78. The van der Waals surface area contributed by atoms with E-state index in [4.69, 9.17) is 0 Å². The van der Waals surface area contributed by atoms with Crippen molar-refractivity contribution in [1.82, 2.24) is 10.6 Å². The van der Waals surface area contributed by atoms with Gasteiger partial charge in [-0.25, -0.2) is 8.42 Å². The van der Waals surface area contributed by atoms with Gasteiger partial charge in [0.15, 0.2) is 9.84 Å². The molecule has 32 heavy (non-hydrogen) atoms. The van der Waals surface area contributed by atoms with Crippen LogP contribution < -0.4 is 10.6 Å². The SMILES string of the molecule is CCC(Cc1ccccc1)(C(=O)O)C(=O)NC1NCCSC1S(=O)(=O)c1ccc(C)cc1. The number of carboxylic acids is 1. The lowest BCUT2D eigenvalue weighted by Crippen LogP contribution is -2.61. The largest absolute Gasteiger partial charge is 0.480 e. The van der Waals surface area contributed by atoms with Crippen molar-refractivity contribution >= 4 is 33.5 Å². The topological polar surface area (TPSA) is 113 Å². The number of carbonyl (C=O) groups is 2. The van der Waals surface area contributed by atoms with Gasteiger partial charge < -0.3 is 10.4 Å². The molecule has 172 valence electrons. The standard InChI is InChI=1S/C23H28N2O5S2/c1-3-23(22(27)28,15-17-7-5-4-6-8-17)21(26)25-19-20(31-14-13-24-19)32(29,30)18-11-9-16(2)10-12-18/h4-12,19-20,24H,3,13-15H2,1-2H3,(H,25,26)(H,27,28).